The number of benzene rings is 2. The molecule has 2 N–H and O–H groups in total. The molecule has 0 bridgehead atoms. The lowest BCUT2D eigenvalue weighted by Gasteiger charge is -2.13. The van der Waals surface area contributed by atoms with Gasteiger partial charge in [-0.2, -0.15) is 0 Å². The van der Waals surface area contributed by atoms with Crippen LogP contribution in [0, 0.1) is 0 Å². The second kappa shape index (κ2) is 8.49. The van der Waals surface area contributed by atoms with E-state index in [2.05, 4.69) is 25.8 Å². The van der Waals surface area contributed by atoms with E-state index in [1.54, 1.807) is 25.0 Å². The molecule has 4 aromatic rings. The van der Waals surface area contributed by atoms with E-state index in [4.69, 9.17) is 4.74 Å². The molecule has 2 aromatic carbocycles. The van der Waals surface area contributed by atoms with Crippen molar-refractivity contribution in [2.45, 2.75) is 0 Å². The minimum absolute atomic E-state index is 0.362. The Morgan fingerprint density at radius 1 is 0.931 bits per heavy atom. The summed E-state index contributed by atoms with van der Waals surface area (Å²) in [5, 5.41) is 14.4. The molecule has 8 heteroatoms. The molecule has 4 rings (SSSR count). The number of methoxy groups -OCH3 is 1. The van der Waals surface area contributed by atoms with E-state index in [1.165, 1.54) is 11.3 Å². The van der Waals surface area contributed by atoms with Crippen molar-refractivity contribution in [2.75, 3.05) is 17.7 Å². The van der Waals surface area contributed by atoms with Crippen LogP contribution in [0.15, 0.2) is 72.5 Å². The summed E-state index contributed by atoms with van der Waals surface area (Å²) in [5.41, 5.74) is 5.82. The highest BCUT2D eigenvalue weighted by molar-refractivity contribution is 7.12. The number of rotatable bonds is 5. The molecule has 0 aliphatic heterocycles. The van der Waals surface area contributed by atoms with Gasteiger partial charge in [0.25, 0.3) is 0 Å². The van der Waals surface area contributed by atoms with Crippen molar-refractivity contribution in [3.8, 4) is 27.4 Å². The molecule has 0 saturated carbocycles. The first-order valence-electron chi connectivity index (χ1n) is 8.76. The van der Waals surface area contributed by atoms with Crippen LogP contribution in [0.1, 0.15) is 0 Å². The molecule has 0 aliphatic carbocycles. The number of urea groups is 1. The maximum Gasteiger partial charge on any atom is 0.323 e. The molecule has 0 spiro atoms. The van der Waals surface area contributed by atoms with Crippen molar-refractivity contribution in [3.63, 3.8) is 0 Å². The topological polar surface area (TPSA) is 89.0 Å². The normalized spacial score (nSPS) is 10.4. The fraction of sp³-hybridized carbons (Fsp3) is 0.0476. The summed E-state index contributed by atoms with van der Waals surface area (Å²) in [6.45, 7) is 0. The fourth-order valence-corrected chi connectivity index (χ4v) is 3.37. The summed E-state index contributed by atoms with van der Waals surface area (Å²) in [5.74, 6) is 0.574. The predicted molar refractivity (Wildman–Crippen MR) is 114 cm³/mol. The van der Waals surface area contributed by atoms with Crippen molar-refractivity contribution in [2.24, 2.45) is 0 Å². The van der Waals surface area contributed by atoms with Crippen LogP contribution in [0.4, 0.5) is 16.2 Å². The van der Waals surface area contributed by atoms with Crippen molar-refractivity contribution in [3.05, 3.63) is 72.5 Å². The molecule has 144 valence electrons. The van der Waals surface area contributed by atoms with Gasteiger partial charge in [0.15, 0.2) is 0 Å². The third-order valence-electron chi connectivity index (χ3n) is 4.21. The number of carbonyl (C=O) groups is 1. The van der Waals surface area contributed by atoms with E-state index in [0.717, 1.165) is 21.7 Å². The Morgan fingerprint density at radius 3 is 2.38 bits per heavy atom. The Kier molecular flexibility index (Phi) is 5.44. The molecule has 29 heavy (non-hydrogen) atoms. The minimum atomic E-state index is -0.362. The van der Waals surface area contributed by atoms with Crippen LogP contribution in [0.5, 0.6) is 5.75 Å². The zero-order valence-electron chi connectivity index (χ0n) is 15.5. The van der Waals surface area contributed by atoms with Crippen LogP contribution in [0.2, 0.25) is 0 Å². The van der Waals surface area contributed by atoms with Crippen LogP contribution in [-0.4, -0.2) is 28.3 Å². The van der Waals surface area contributed by atoms with Crippen molar-refractivity contribution in [1.82, 2.24) is 15.2 Å². The molecule has 0 atom stereocenters. The summed E-state index contributed by atoms with van der Waals surface area (Å²) < 4.78 is 5.38. The van der Waals surface area contributed by atoms with E-state index in [-0.39, 0.29) is 6.03 Å². The molecular weight excluding hydrogens is 386 g/mol. The van der Waals surface area contributed by atoms with Crippen LogP contribution >= 0.6 is 11.3 Å². The highest BCUT2D eigenvalue weighted by Gasteiger charge is 2.10. The molecular formula is C21H17N5O2S. The van der Waals surface area contributed by atoms with Crippen molar-refractivity contribution < 1.29 is 9.53 Å². The predicted octanol–water partition coefficient (Wildman–Crippen LogP) is 4.92. The molecule has 2 aromatic heterocycles. The van der Waals surface area contributed by atoms with Gasteiger partial charge in [-0.05, 0) is 59.7 Å². The Hall–Kier alpha value is -3.78. The van der Waals surface area contributed by atoms with Crippen LogP contribution in [-0.2, 0) is 0 Å². The number of carbonyl (C=O) groups excluding carboxylic acids is 1. The molecule has 0 saturated heterocycles. The summed E-state index contributed by atoms with van der Waals surface area (Å²) in [6.07, 6.45) is 3.45. The van der Waals surface area contributed by atoms with Crippen molar-refractivity contribution in [1.29, 1.82) is 0 Å². The Bertz CT molecular complexity index is 1100. The lowest BCUT2D eigenvalue weighted by Crippen LogP contribution is -2.19. The van der Waals surface area contributed by atoms with Gasteiger partial charge < -0.3 is 15.4 Å². The smallest absolute Gasteiger partial charge is 0.323 e. The van der Waals surface area contributed by atoms with E-state index in [9.17, 15) is 4.79 Å². The fourth-order valence-electron chi connectivity index (χ4n) is 2.81. The highest BCUT2D eigenvalue weighted by Crippen LogP contribution is 2.30. The van der Waals surface area contributed by atoms with Gasteiger partial charge in [0.2, 0.25) is 0 Å². The molecule has 0 fully saturated rings. The average Bonchev–Trinajstić information content (AvgIpc) is 3.30. The van der Waals surface area contributed by atoms with E-state index in [0.29, 0.717) is 17.1 Å². The maximum atomic E-state index is 12.5. The largest absolute Gasteiger partial charge is 0.495 e. The van der Waals surface area contributed by atoms with Gasteiger partial charge in [-0.25, -0.2) is 4.79 Å². The minimum Gasteiger partial charge on any atom is -0.495 e. The van der Waals surface area contributed by atoms with Gasteiger partial charge in [0.05, 0.1) is 12.8 Å². The van der Waals surface area contributed by atoms with Crippen LogP contribution < -0.4 is 15.4 Å². The zero-order chi connectivity index (χ0) is 20.1. The highest BCUT2D eigenvalue weighted by atomic mass is 32.1. The number of nitrogens with zero attached hydrogens (tertiary/aromatic N) is 3. The van der Waals surface area contributed by atoms with E-state index < -0.39 is 0 Å². The van der Waals surface area contributed by atoms with Gasteiger partial charge in [0, 0.05) is 23.6 Å². The number of hydrogen-bond acceptors (Lipinski definition) is 6. The average molecular weight is 403 g/mol. The van der Waals surface area contributed by atoms with Crippen LogP contribution in [0.25, 0.3) is 21.7 Å². The van der Waals surface area contributed by atoms with Gasteiger partial charge >= 0.3 is 6.03 Å². The third-order valence-corrected chi connectivity index (χ3v) is 4.95. The number of pyridine rings is 1. The first kappa shape index (κ1) is 18.6. The molecule has 2 heterocycles. The molecule has 0 unspecified atom stereocenters. The Morgan fingerprint density at radius 2 is 1.69 bits per heavy atom. The summed E-state index contributed by atoms with van der Waals surface area (Å²) in [7, 11) is 1.57. The van der Waals surface area contributed by atoms with E-state index in [1.807, 2.05) is 54.6 Å². The molecule has 7 nitrogen and oxygen atoms in total. The first-order valence-corrected chi connectivity index (χ1v) is 9.64. The lowest BCUT2D eigenvalue weighted by molar-refractivity contribution is 0.262. The maximum absolute atomic E-state index is 12.5. The molecule has 0 radical (unpaired) electrons. The summed E-state index contributed by atoms with van der Waals surface area (Å²) >= 11 is 1.46. The molecule has 2 amide bonds. The number of aromatic nitrogens is 3. The zero-order valence-corrected chi connectivity index (χ0v) is 16.3. The third kappa shape index (κ3) is 4.39. The van der Waals surface area contributed by atoms with Crippen molar-refractivity contribution >= 4 is 28.7 Å². The van der Waals surface area contributed by atoms with Gasteiger partial charge in [-0.15, -0.1) is 10.2 Å². The quantitative estimate of drug-likeness (QED) is 0.494. The van der Waals surface area contributed by atoms with Gasteiger partial charge in [-0.3, -0.25) is 4.98 Å². The number of anilines is 2. The van der Waals surface area contributed by atoms with Crippen LogP contribution in [0.3, 0.4) is 0 Å². The van der Waals surface area contributed by atoms with Gasteiger partial charge in [0.1, 0.15) is 16.3 Å². The second-order valence-electron chi connectivity index (χ2n) is 6.05. The Balaban J connectivity index is 1.49. The monoisotopic (exact) mass is 403 g/mol. The molecule has 0 aliphatic rings. The first-order chi connectivity index (χ1) is 14.2. The summed E-state index contributed by atoms with van der Waals surface area (Å²) in [6, 6.07) is 16.5. The summed E-state index contributed by atoms with van der Waals surface area (Å²) in [4.78, 5) is 16.5. The number of ether oxygens (including phenoxy) is 1. The second-order valence-corrected chi connectivity index (χ2v) is 6.88. The van der Waals surface area contributed by atoms with Gasteiger partial charge in [-0.1, -0.05) is 17.4 Å². The number of hydrogen-bond donors (Lipinski definition) is 2. The number of nitrogens with one attached hydrogen (secondary N) is 2. The standard InChI is InChI=1S/C21H17N5O2S/c1-28-19-7-4-16(14-8-10-22-11-9-14)12-18(19)25-21(27)24-17-5-2-15(3-6-17)20-26-23-13-29-20/h2-13H,1H3,(H2,24,25,27). The van der Waals surface area contributed by atoms with E-state index >= 15 is 0 Å². The lowest BCUT2D eigenvalue weighted by atomic mass is 10.1. The SMILES string of the molecule is COc1ccc(-c2ccncc2)cc1NC(=O)Nc1ccc(-c2nncs2)cc1. The number of amides is 2. The Labute approximate surface area is 171 Å².